The largest absolute Gasteiger partial charge is 0.496 e. The van der Waals surface area contributed by atoms with E-state index in [1.807, 2.05) is 0 Å². The Morgan fingerprint density at radius 3 is 2.23 bits per heavy atom. The summed E-state index contributed by atoms with van der Waals surface area (Å²) in [6, 6.07) is 2.17. The number of rotatable bonds is 9. The van der Waals surface area contributed by atoms with E-state index in [1.165, 1.54) is 19.6 Å². The number of nitrogens with one attached hydrogen (secondary N) is 2. The molecule has 0 saturated heterocycles. The van der Waals surface area contributed by atoms with Gasteiger partial charge in [0.1, 0.15) is 5.75 Å². The van der Waals surface area contributed by atoms with E-state index < -0.39 is 23.1 Å². The van der Waals surface area contributed by atoms with E-state index in [0.29, 0.717) is 45.1 Å². The van der Waals surface area contributed by atoms with Crippen molar-refractivity contribution in [1.29, 1.82) is 0 Å². The molecule has 0 aliphatic heterocycles. The van der Waals surface area contributed by atoms with Gasteiger partial charge in [0.2, 0.25) is 5.91 Å². The lowest BCUT2D eigenvalue weighted by atomic mass is 9.70. The molecule has 40 heavy (non-hydrogen) atoms. The van der Waals surface area contributed by atoms with Crippen molar-refractivity contribution in [3.05, 3.63) is 23.5 Å². The second-order valence-corrected chi connectivity index (χ2v) is 12.7. The van der Waals surface area contributed by atoms with Crippen LogP contribution >= 0.6 is 0 Å². The maximum Gasteiger partial charge on any atom is 0.309 e. The highest BCUT2D eigenvalue weighted by Crippen LogP contribution is 2.40. The molecule has 0 radical (unpaired) electrons. The number of halogens is 1. The Morgan fingerprint density at radius 1 is 0.950 bits per heavy atom. The Kier molecular flexibility index (Phi) is 9.62. The number of aliphatic carboxylic acids is 1. The van der Waals surface area contributed by atoms with Gasteiger partial charge in [-0.15, -0.1) is 0 Å². The fourth-order valence-electron chi connectivity index (χ4n) is 6.32. The first-order valence-electron chi connectivity index (χ1n) is 14.9. The molecule has 3 fully saturated rings. The zero-order valence-electron chi connectivity index (χ0n) is 24.2. The fourth-order valence-corrected chi connectivity index (χ4v) is 6.32. The van der Waals surface area contributed by atoms with Crippen LogP contribution in [0.25, 0.3) is 0 Å². The molecular weight excluding hydrogens is 515 g/mol. The van der Waals surface area contributed by atoms with Gasteiger partial charge in [-0.2, -0.15) is 0 Å². The molecule has 2 amide bonds. The third kappa shape index (κ3) is 7.07. The molecule has 0 bridgehead atoms. The Morgan fingerprint density at radius 2 is 1.62 bits per heavy atom. The smallest absolute Gasteiger partial charge is 0.309 e. The van der Waals surface area contributed by atoms with Crippen molar-refractivity contribution in [1.82, 2.24) is 10.6 Å². The molecule has 3 saturated carbocycles. The predicted octanol–water partition coefficient (Wildman–Crippen LogP) is 5.62. The molecule has 8 nitrogen and oxygen atoms in total. The van der Waals surface area contributed by atoms with Gasteiger partial charge in [0.05, 0.1) is 30.1 Å². The molecule has 1 aromatic carbocycles. The van der Waals surface area contributed by atoms with Gasteiger partial charge < -0.3 is 25.2 Å². The van der Waals surface area contributed by atoms with Gasteiger partial charge in [0.25, 0.3) is 5.91 Å². The van der Waals surface area contributed by atoms with Crippen LogP contribution in [-0.2, 0) is 9.59 Å². The lowest BCUT2D eigenvalue weighted by Crippen LogP contribution is -2.49. The van der Waals surface area contributed by atoms with E-state index in [1.54, 1.807) is 6.92 Å². The van der Waals surface area contributed by atoms with E-state index in [4.69, 9.17) is 9.47 Å². The highest BCUT2D eigenvalue weighted by Gasteiger charge is 2.39. The summed E-state index contributed by atoms with van der Waals surface area (Å²) >= 11 is 0. The number of ether oxygens (including phenoxy) is 2. The number of methoxy groups -OCH3 is 1. The number of benzene rings is 1. The van der Waals surface area contributed by atoms with Crippen LogP contribution < -0.4 is 20.1 Å². The van der Waals surface area contributed by atoms with Crippen LogP contribution in [0.3, 0.4) is 0 Å². The molecular formula is C31H45FN2O6. The van der Waals surface area contributed by atoms with Gasteiger partial charge in [-0.1, -0.05) is 39.0 Å². The van der Waals surface area contributed by atoms with E-state index in [9.17, 15) is 23.9 Å². The maximum absolute atomic E-state index is 15.0. The van der Waals surface area contributed by atoms with Crippen LogP contribution in [-0.4, -0.2) is 48.7 Å². The molecule has 3 aliphatic carbocycles. The molecule has 3 aliphatic rings. The summed E-state index contributed by atoms with van der Waals surface area (Å²) in [5.41, 5.74) is -0.494. The SMILES string of the molecule is COc1cc(F)c(OC2CCC(C)(C(=O)O)CC2)cc1C(=O)N[C@@H]1CCCCCC[C@@H]1C(=O)NCC1(C)CCC1. The zero-order chi connectivity index (χ0) is 28.9. The fraction of sp³-hybridized carbons (Fsp3) is 0.710. The maximum atomic E-state index is 15.0. The van der Waals surface area contributed by atoms with Gasteiger partial charge in [-0.05, 0) is 69.8 Å². The topological polar surface area (TPSA) is 114 Å². The van der Waals surface area contributed by atoms with Crippen molar-refractivity contribution in [2.24, 2.45) is 16.7 Å². The Hall–Kier alpha value is -2.84. The van der Waals surface area contributed by atoms with E-state index in [0.717, 1.165) is 44.6 Å². The normalized spacial score (nSPS) is 28.2. The summed E-state index contributed by atoms with van der Waals surface area (Å²) in [5.74, 6) is -2.23. The first kappa shape index (κ1) is 30.1. The number of amides is 2. The third-order valence-corrected chi connectivity index (χ3v) is 9.51. The van der Waals surface area contributed by atoms with Crippen molar-refractivity contribution in [3.63, 3.8) is 0 Å². The zero-order valence-corrected chi connectivity index (χ0v) is 24.2. The molecule has 0 aromatic heterocycles. The number of carbonyl (C=O) groups excluding carboxylic acids is 2. The monoisotopic (exact) mass is 560 g/mol. The first-order valence-corrected chi connectivity index (χ1v) is 14.9. The lowest BCUT2D eigenvalue weighted by Gasteiger charge is -2.39. The predicted molar refractivity (Wildman–Crippen MR) is 149 cm³/mol. The Labute approximate surface area is 236 Å². The van der Waals surface area contributed by atoms with Gasteiger partial charge >= 0.3 is 5.97 Å². The molecule has 0 unspecified atom stereocenters. The van der Waals surface area contributed by atoms with Gasteiger partial charge in [0, 0.05) is 18.7 Å². The molecule has 9 heteroatoms. The Bertz CT molecular complexity index is 1080. The highest BCUT2D eigenvalue weighted by atomic mass is 19.1. The molecule has 3 N–H and O–H groups in total. The summed E-state index contributed by atoms with van der Waals surface area (Å²) in [6.07, 6.45) is 10.3. The number of carboxylic acid groups (broad SMARTS) is 1. The lowest BCUT2D eigenvalue weighted by molar-refractivity contribution is -0.150. The Balaban J connectivity index is 1.47. The quantitative estimate of drug-likeness (QED) is 0.361. The molecule has 0 heterocycles. The van der Waals surface area contributed by atoms with Crippen LogP contribution in [0, 0.1) is 22.6 Å². The van der Waals surface area contributed by atoms with Crippen molar-refractivity contribution in [3.8, 4) is 11.5 Å². The molecule has 0 spiro atoms. The minimum absolute atomic E-state index is 0.0129. The van der Waals surface area contributed by atoms with Crippen LogP contribution in [0.2, 0.25) is 0 Å². The summed E-state index contributed by atoms with van der Waals surface area (Å²) in [7, 11) is 1.38. The van der Waals surface area contributed by atoms with Crippen molar-refractivity contribution in [2.45, 2.75) is 109 Å². The van der Waals surface area contributed by atoms with E-state index in [2.05, 4.69) is 17.6 Å². The third-order valence-electron chi connectivity index (χ3n) is 9.51. The minimum atomic E-state index is -0.834. The average Bonchev–Trinajstić information content (AvgIpc) is 2.89. The van der Waals surface area contributed by atoms with Crippen LogP contribution in [0.5, 0.6) is 11.5 Å². The van der Waals surface area contributed by atoms with E-state index >= 15 is 0 Å². The summed E-state index contributed by atoms with van der Waals surface area (Å²) in [6.45, 7) is 4.58. The summed E-state index contributed by atoms with van der Waals surface area (Å²) in [4.78, 5) is 38.5. The van der Waals surface area contributed by atoms with Crippen molar-refractivity contribution < 1.29 is 33.4 Å². The van der Waals surface area contributed by atoms with Crippen molar-refractivity contribution >= 4 is 17.8 Å². The van der Waals surface area contributed by atoms with Gasteiger partial charge in [-0.3, -0.25) is 14.4 Å². The second-order valence-electron chi connectivity index (χ2n) is 12.7. The number of hydrogen-bond acceptors (Lipinski definition) is 5. The minimum Gasteiger partial charge on any atom is -0.496 e. The molecule has 4 rings (SSSR count). The standard InChI is InChI=1S/C31H45FN2O6/c1-30(13-8-14-30)19-33-27(35)21-9-6-4-5-7-10-24(21)34-28(36)22-17-26(23(32)18-25(22)39-3)40-20-11-15-31(2,16-12-20)29(37)38/h17-18,20-21,24H,4-16,19H2,1-3H3,(H,33,35)(H,34,36)(H,37,38)/t20?,21-,24+,31?/m0/s1. The molecule has 222 valence electrons. The molecule has 1 aromatic rings. The van der Waals surface area contributed by atoms with Crippen LogP contribution in [0.1, 0.15) is 108 Å². The van der Waals surface area contributed by atoms with Crippen molar-refractivity contribution in [2.75, 3.05) is 13.7 Å². The van der Waals surface area contributed by atoms with Crippen LogP contribution in [0.15, 0.2) is 12.1 Å². The number of hydrogen-bond donors (Lipinski definition) is 3. The van der Waals surface area contributed by atoms with E-state index in [-0.39, 0.29) is 46.4 Å². The number of carboxylic acids is 1. The highest BCUT2D eigenvalue weighted by molar-refractivity contribution is 5.98. The second kappa shape index (κ2) is 12.8. The molecule has 2 atom stereocenters. The number of carbonyl (C=O) groups is 3. The first-order chi connectivity index (χ1) is 19.0. The summed E-state index contributed by atoms with van der Waals surface area (Å²) in [5, 5.41) is 15.7. The average molecular weight is 561 g/mol. The van der Waals surface area contributed by atoms with Gasteiger partial charge in [0.15, 0.2) is 11.6 Å². The summed E-state index contributed by atoms with van der Waals surface area (Å²) < 4.78 is 26.3. The van der Waals surface area contributed by atoms with Crippen LogP contribution in [0.4, 0.5) is 4.39 Å². The van der Waals surface area contributed by atoms with Gasteiger partial charge in [-0.25, -0.2) is 4.39 Å².